The zero-order valence-electron chi connectivity index (χ0n) is 18.1. The zero-order chi connectivity index (χ0) is 21.2. The van der Waals surface area contributed by atoms with Crippen LogP contribution in [0, 0.1) is 0 Å². The Bertz CT molecular complexity index is 860. The highest BCUT2D eigenvalue weighted by atomic mass is 32.4. The summed E-state index contributed by atoms with van der Waals surface area (Å²) in [5, 5.41) is 3.65. The van der Waals surface area contributed by atoms with E-state index in [9.17, 15) is 0 Å². The van der Waals surface area contributed by atoms with Gasteiger partial charge in [0, 0.05) is 65.4 Å². The van der Waals surface area contributed by atoms with Crippen molar-refractivity contribution in [2.75, 3.05) is 57.0 Å². The fourth-order valence-corrected chi connectivity index (χ4v) is 7.03. The van der Waals surface area contributed by atoms with Gasteiger partial charge in [-0.25, -0.2) is 0 Å². The quantitative estimate of drug-likeness (QED) is 0.560. The fourth-order valence-electron chi connectivity index (χ4n) is 3.33. The third-order valence-electron chi connectivity index (χ3n) is 5.19. The van der Waals surface area contributed by atoms with E-state index >= 15 is 0 Å². The van der Waals surface area contributed by atoms with Crippen molar-refractivity contribution in [3.63, 3.8) is 0 Å². The average molecular weight is 424 g/mol. The first kappa shape index (κ1) is 21.4. The van der Waals surface area contributed by atoms with Crippen molar-refractivity contribution in [1.82, 2.24) is 0 Å². The molecule has 3 nitrogen and oxygen atoms in total. The minimum atomic E-state index is -2.15. The largest absolute Gasteiger partial charge is 0.378 e. The van der Waals surface area contributed by atoms with E-state index in [2.05, 4.69) is 130 Å². The molecule has 0 aliphatic carbocycles. The van der Waals surface area contributed by atoms with E-state index in [1.807, 2.05) is 0 Å². The molecule has 0 aliphatic rings. The molecule has 3 rings (SSSR count). The van der Waals surface area contributed by atoms with Crippen molar-refractivity contribution in [1.29, 1.82) is 0 Å². The lowest BCUT2D eigenvalue weighted by Crippen LogP contribution is -2.25. The summed E-state index contributed by atoms with van der Waals surface area (Å²) >= 11 is 6.50. The van der Waals surface area contributed by atoms with Crippen LogP contribution in [-0.2, 0) is 11.8 Å². The number of nitrogens with zero attached hydrogens (tertiary/aromatic N) is 3. The highest BCUT2D eigenvalue weighted by Gasteiger charge is 2.25. The first-order chi connectivity index (χ1) is 13.7. The second-order valence-corrected chi connectivity index (χ2v) is 12.3. The molecule has 0 saturated heterocycles. The summed E-state index contributed by atoms with van der Waals surface area (Å²) in [6.45, 7) is 0. The van der Waals surface area contributed by atoms with Crippen molar-refractivity contribution < 1.29 is 0 Å². The lowest BCUT2D eigenvalue weighted by molar-refractivity contribution is 1.13. The van der Waals surface area contributed by atoms with E-state index in [-0.39, 0.29) is 0 Å². The third kappa shape index (κ3) is 4.34. The van der Waals surface area contributed by atoms with E-state index < -0.39 is 6.04 Å². The molecule has 152 valence electrons. The molecule has 3 aromatic carbocycles. The first-order valence-corrected chi connectivity index (χ1v) is 12.5. The highest BCUT2D eigenvalue weighted by Crippen LogP contribution is 2.43. The van der Waals surface area contributed by atoms with Crippen LogP contribution in [0.2, 0.25) is 0 Å². The lowest BCUT2D eigenvalue weighted by Gasteiger charge is -2.26. The van der Waals surface area contributed by atoms with E-state index in [0.717, 1.165) is 0 Å². The molecular weight excluding hydrogens is 393 g/mol. The number of anilines is 3. The van der Waals surface area contributed by atoms with Gasteiger partial charge in [0.25, 0.3) is 0 Å². The Morgan fingerprint density at radius 3 is 0.828 bits per heavy atom. The van der Waals surface area contributed by atoms with Gasteiger partial charge in [0.2, 0.25) is 0 Å². The Hall–Kier alpha value is -2.29. The molecule has 0 unspecified atom stereocenters. The van der Waals surface area contributed by atoms with Gasteiger partial charge in [-0.15, -0.1) is 0 Å². The maximum atomic E-state index is 6.50. The van der Waals surface area contributed by atoms with Crippen LogP contribution in [0.4, 0.5) is 17.1 Å². The first-order valence-electron chi connectivity index (χ1n) is 9.67. The summed E-state index contributed by atoms with van der Waals surface area (Å²) in [5.41, 5.74) is 3.55. The molecule has 0 aromatic heterocycles. The molecule has 3 aromatic rings. The minimum absolute atomic E-state index is 1.18. The molecule has 0 atom stereocenters. The molecule has 0 spiro atoms. The Labute approximate surface area is 180 Å². The molecule has 0 fully saturated rings. The van der Waals surface area contributed by atoms with Gasteiger partial charge in [-0.1, -0.05) is 48.2 Å². The smallest absolute Gasteiger partial charge is 0.0379 e. The number of benzene rings is 3. The van der Waals surface area contributed by atoms with Gasteiger partial charge in [-0.05, 0) is 52.3 Å². The van der Waals surface area contributed by atoms with Crippen LogP contribution in [0.1, 0.15) is 0 Å². The van der Waals surface area contributed by atoms with Crippen LogP contribution in [0.15, 0.2) is 72.8 Å². The minimum Gasteiger partial charge on any atom is -0.378 e. The van der Waals surface area contributed by atoms with E-state index in [1.54, 1.807) is 0 Å². The SMILES string of the molecule is CN(C)c1ccc(P(=S)(c2ccc(N(C)C)cc2)c2ccc(N(C)C)cc2)cc1. The monoisotopic (exact) mass is 423 g/mol. The predicted octanol–water partition coefficient (Wildman–Crippen LogP) is 3.64. The fraction of sp³-hybridized carbons (Fsp3) is 0.250. The molecule has 29 heavy (non-hydrogen) atoms. The van der Waals surface area contributed by atoms with Crippen LogP contribution >= 0.6 is 6.04 Å². The summed E-state index contributed by atoms with van der Waals surface area (Å²) in [4.78, 5) is 6.35. The Morgan fingerprint density at radius 1 is 0.448 bits per heavy atom. The van der Waals surface area contributed by atoms with Crippen LogP contribution < -0.4 is 30.6 Å². The molecule has 0 saturated carbocycles. The van der Waals surface area contributed by atoms with Crippen molar-refractivity contribution >= 4 is 50.8 Å². The lowest BCUT2D eigenvalue weighted by atomic mass is 10.3. The second kappa shape index (κ2) is 8.61. The molecule has 0 amide bonds. The molecular formula is C24H30N3PS. The highest BCUT2D eigenvalue weighted by molar-refractivity contribution is 8.25. The maximum Gasteiger partial charge on any atom is 0.0379 e. The summed E-state index contributed by atoms with van der Waals surface area (Å²) in [6, 6.07) is 24.1. The Kier molecular flexibility index (Phi) is 6.36. The number of hydrogen-bond donors (Lipinski definition) is 0. The van der Waals surface area contributed by atoms with Crippen LogP contribution in [0.3, 0.4) is 0 Å². The zero-order valence-corrected chi connectivity index (χ0v) is 19.8. The molecule has 0 radical (unpaired) electrons. The standard InChI is InChI=1S/C24H30N3PS/c1-25(2)19-7-13-22(14-8-19)28(29,23-15-9-20(10-16-23)26(3)4)24-17-11-21(12-18-24)27(5)6/h7-18H,1-6H3. The van der Waals surface area contributed by atoms with Gasteiger partial charge >= 0.3 is 0 Å². The molecule has 0 N–H and O–H groups in total. The summed E-state index contributed by atoms with van der Waals surface area (Å²) in [6.07, 6.45) is 0. The van der Waals surface area contributed by atoms with Crippen LogP contribution in [0.5, 0.6) is 0 Å². The van der Waals surface area contributed by atoms with Gasteiger partial charge in [0.05, 0.1) is 0 Å². The average Bonchev–Trinajstić information content (AvgIpc) is 2.73. The topological polar surface area (TPSA) is 9.72 Å². The maximum absolute atomic E-state index is 6.50. The number of rotatable bonds is 6. The normalized spacial score (nSPS) is 11.2. The van der Waals surface area contributed by atoms with Gasteiger partial charge in [0.1, 0.15) is 0 Å². The van der Waals surface area contributed by atoms with Gasteiger partial charge in [-0.3, -0.25) is 0 Å². The predicted molar refractivity (Wildman–Crippen MR) is 135 cm³/mol. The van der Waals surface area contributed by atoms with Crippen molar-refractivity contribution in [2.24, 2.45) is 0 Å². The molecule has 0 aliphatic heterocycles. The Balaban J connectivity index is 2.15. The molecule has 5 heteroatoms. The number of hydrogen-bond acceptors (Lipinski definition) is 4. The Morgan fingerprint density at radius 2 is 0.655 bits per heavy atom. The molecule has 0 bridgehead atoms. The summed E-state index contributed by atoms with van der Waals surface area (Å²) in [5.74, 6) is 0. The van der Waals surface area contributed by atoms with Crippen LogP contribution in [0.25, 0.3) is 0 Å². The van der Waals surface area contributed by atoms with Gasteiger partial charge in [-0.2, -0.15) is 0 Å². The van der Waals surface area contributed by atoms with E-state index in [4.69, 9.17) is 11.8 Å². The van der Waals surface area contributed by atoms with E-state index in [0.29, 0.717) is 0 Å². The summed E-state index contributed by atoms with van der Waals surface area (Å²) < 4.78 is 0. The second-order valence-electron chi connectivity index (χ2n) is 7.84. The summed E-state index contributed by atoms with van der Waals surface area (Å²) in [7, 11) is 12.4. The van der Waals surface area contributed by atoms with E-state index in [1.165, 1.54) is 33.0 Å². The van der Waals surface area contributed by atoms with Gasteiger partial charge < -0.3 is 14.7 Å². The molecule has 0 heterocycles. The van der Waals surface area contributed by atoms with Crippen molar-refractivity contribution in [3.8, 4) is 0 Å². The van der Waals surface area contributed by atoms with Crippen molar-refractivity contribution in [2.45, 2.75) is 0 Å². The van der Waals surface area contributed by atoms with Crippen LogP contribution in [-0.4, -0.2) is 42.3 Å². The third-order valence-corrected chi connectivity index (χ3v) is 10.2. The van der Waals surface area contributed by atoms with Gasteiger partial charge in [0.15, 0.2) is 0 Å². The van der Waals surface area contributed by atoms with Crippen molar-refractivity contribution in [3.05, 3.63) is 72.8 Å².